The van der Waals surface area contributed by atoms with E-state index in [0.717, 1.165) is 22.8 Å². The third-order valence-corrected chi connectivity index (χ3v) is 4.94. The Kier molecular flexibility index (Phi) is 5.21. The van der Waals surface area contributed by atoms with Crippen LogP contribution in [0, 0.1) is 12.7 Å². The molecule has 144 valence electrons. The van der Waals surface area contributed by atoms with Crippen LogP contribution in [0.5, 0.6) is 0 Å². The third-order valence-electron chi connectivity index (χ3n) is 4.11. The monoisotopic (exact) mass is 406 g/mol. The summed E-state index contributed by atoms with van der Waals surface area (Å²) in [5.74, 6) is -0.709. The van der Waals surface area contributed by atoms with Gasteiger partial charge in [0.25, 0.3) is 5.91 Å². The number of para-hydroxylation sites is 1. The first-order chi connectivity index (χ1) is 14.1. The first-order valence-corrected chi connectivity index (χ1v) is 9.42. The first kappa shape index (κ1) is 18.6. The normalized spacial score (nSPS) is 11.1. The maximum absolute atomic E-state index is 13.3. The standard InChI is InChI=1S/C20H15FN6OS/c1-13-19(29-26-23-13)20(28)24-22-11-15-12-27(17-5-3-2-4-6-17)25-18(15)14-7-9-16(21)10-8-14/h2-12H,1H3,(H,24,28)/b22-11-. The average molecular weight is 406 g/mol. The summed E-state index contributed by atoms with van der Waals surface area (Å²) >= 11 is 1.01. The maximum Gasteiger partial charge on any atom is 0.285 e. The van der Waals surface area contributed by atoms with E-state index in [-0.39, 0.29) is 11.7 Å². The second-order valence-electron chi connectivity index (χ2n) is 6.11. The Morgan fingerprint density at radius 3 is 2.62 bits per heavy atom. The lowest BCUT2D eigenvalue weighted by Gasteiger charge is -2.00. The largest absolute Gasteiger partial charge is 0.285 e. The van der Waals surface area contributed by atoms with Gasteiger partial charge in [-0.3, -0.25) is 4.79 Å². The summed E-state index contributed by atoms with van der Waals surface area (Å²) in [4.78, 5) is 12.6. The molecule has 0 bridgehead atoms. The van der Waals surface area contributed by atoms with Gasteiger partial charge in [-0.1, -0.05) is 22.7 Å². The van der Waals surface area contributed by atoms with Crippen molar-refractivity contribution in [3.05, 3.63) is 82.7 Å². The summed E-state index contributed by atoms with van der Waals surface area (Å²) in [5.41, 5.74) is 5.90. The fraction of sp³-hybridized carbons (Fsp3) is 0.0500. The van der Waals surface area contributed by atoms with Crippen LogP contribution in [-0.4, -0.2) is 31.5 Å². The van der Waals surface area contributed by atoms with Gasteiger partial charge in [-0.2, -0.15) is 10.2 Å². The summed E-state index contributed by atoms with van der Waals surface area (Å²) in [6.45, 7) is 1.71. The Morgan fingerprint density at radius 1 is 1.17 bits per heavy atom. The van der Waals surface area contributed by atoms with Crippen molar-refractivity contribution in [1.29, 1.82) is 0 Å². The number of hydrazone groups is 1. The Morgan fingerprint density at radius 2 is 1.93 bits per heavy atom. The number of hydrogen-bond donors (Lipinski definition) is 1. The fourth-order valence-electron chi connectivity index (χ4n) is 2.68. The number of carbonyl (C=O) groups is 1. The molecule has 2 aromatic heterocycles. The molecule has 0 aliphatic heterocycles. The highest BCUT2D eigenvalue weighted by atomic mass is 32.1. The maximum atomic E-state index is 13.3. The number of halogens is 1. The van der Waals surface area contributed by atoms with Crippen molar-refractivity contribution in [1.82, 2.24) is 24.8 Å². The van der Waals surface area contributed by atoms with Gasteiger partial charge in [-0.25, -0.2) is 14.5 Å². The molecule has 0 aliphatic rings. The summed E-state index contributed by atoms with van der Waals surface area (Å²) in [6, 6.07) is 15.6. The predicted octanol–water partition coefficient (Wildman–Crippen LogP) is 3.60. The molecule has 1 amide bonds. The number of amides is 1. The summed E-state index contributed by atoms with van der Waals surface area (Å²) in [7, 11) is 0. The fourth-order valence-corrected chi connectivity index (χ4v) is 3.22. The number of hydrogen-bond acceptors (Lipinski definition) is 6. The zero-order chi connectivity index (χ0) is 20.2. The Balaban J connectivity index is 1.65. The third kappa shape index (κ3) is 4.09. The molecule has 7 nitrogen and oxygen atoms in total. The Bertz CT molecular complexity index is 1170. The van der Waals surface area contributed by atoms with Crippen LogP contribution in [0.15, 0.2) is 65.9 Å². The van der Waals surface area contributed by atoms with Gasteiger partial charge >= 0.3 is 0 Å². The lowest BCUT2D eigenvalue weighted by Crippen LogP contribution is -2.17. The van der Waals surface area contributed by atoms with E-state index in [0.29, 0.717) is 21.8 Å². The van der Waals surface area contributed by atoms with E-state index in [9.17, 15) is 9.18 Å². The van der Waals surface area contributed by atoms with Crippen LogP contribution in [0.4, 0.5) is 4.39 Å². The molecular formula is C20H15FN6OS. The van der Waals surface area contributed by atoms with Crippen molar-refractivity contribution in [2.24, 2.45) is 5.10 Å². The molecule has 9 heteroatoms. The molecular weight excluding hydrogens is 391 g/mol. The minimum atomic E-state index is -0.382. The number of aryl methyl sites for hydroxylation is 1. The number of rotatable bonds is 5. The van der Waals surface area contributed by atoms with E-state index in [1.165, 1.54) is 18.3 Å². The lowest BCUT2D eigenvalue weighted by molar-refractivity contribution is 0.0958. The van der Waals surface area contributed by atoms with Crippen molar-refractivity contribution < 1.29 is 9.18 Å². The SMILES string of the molecule is Cc1nnsc1C(=O)N/N=C\c1cn(-c2ccccc2)nc1-c1ccc(F)cc1. The van der Waals surface area contributed by atoms with Gasteiger partial charge in [0.15, 0.2) is 0 Å². The molecule has 2 aromatic carbocycles. The van der Waals surface area contributed by atoms with Crippen LogP contribution in [0.1, 0.15) is 20.9 Å². The molecule has 0 fully saturated rings. The van der Waals surface area contributed by atoms with Crippen LogP contribution in [-0.2, 0) is 0 Å². The topological polar surface area (TPSA) is 85.1 Å². The van der Waals surface area contributed by atoms with Gasteiger partial charge in [0.2, 0.25) is 0 Å². The average Bonchev–Trinajstić information content (AvgIpc) is 3.36. The van der Waals surface area contributed by atoms with E-state index < -0.39 is 0 Å². The number of benzene rings is 2. The van der Waals surface area contributed by atoms with Crippen LogP contribution in [0.2, 0.25) is 0 Å². The molecule has 0 radical (unpaired) electrons. The first-order valence-electron chi connectivity index (χ1n) is 8.65. The van der Waals surface area contributed by atoms with Gasteiger partial charge in [0, 0.05) is 17.3 Å². The molecule has 0 aliphatic carbocycles. The molecule has 0 spiro atoms. The van der Waals surface area contributed by atoms with E-state index in [1.807, 2.05) is 30.3 Å². The van der Waals surface area contributed by atoms with Crippen LogP contribution >= 0.6 is 11.5 Å². The molecule has 0 saturated carbocycles. The molecule has 0 saturated heterocycles. The molecule has 29 heavy (non-hydrogen) atoms. The van der Waals surface area contributed by atoms with Crippen molar-refractivity contribution in [3.8, 4) is 16.9 Å². The zero-order valence-electron chi connectivity index (χ0n) is 15.3. The highest BCUT2D eigenvalue weighted by molar-refractivity contribution is 7.07. The lowest BCUT2D eigenvalue weighted by atomic mass is 10.1. The van der Waals surface area contributed by atoms with Crippen LogP contribution in [0.3, 0.4) is 0 Å². The summed E-state index contributed by atoms with van der Waals surface area (Å²) in [6.07, 6.45) is 3.30. The second-order valence-corrected chi connectivity index (χ2v) is 6.86. The van der Waals surface area contributed by atoms with Crippen molar-refractivity contribution >= 4 is 23.7 Å². The quantitative estimate of drug-likeness (QED) is 0.405. The van der Waals surface area contributed by atoms with Gasteiger partial charge in [0.05, 0.1) is 17.6 Å². The highest BCUT2D eigenvalue weighted by Gasteiger charge is 2.13. The van der Waals surface area contributed by atoms with Crippen LogP contribution < -0.4 is 5.43 Å². The van der Waals surface area contributed by atoms with Gasteiger partial charge in [-0.05, 0) is 54.9 Å². The van der Waals surface area contributed by atoms with Gasteiger partial charge in [0.1, 0.15) is 16.4 Å². The minimum Gasteiger partial charge on any atom is -0.266 e. The Hall–Kier alpha value is -3.72. The van der Waals surface area contributed by atoms with Crippen molar-refractivity contribution in [3.63, 3.8) is 0 Å². The van der Waals surface area contributed by atoms with Gasteiger partial charge in [-0.15, -0.1) is 5.10 Å². The van der Waals surface area contributed by atoms with Crippen molar-refractivity contribution in [2.75, 3.05) is 0 Å². The minimum absolute atomic E-state index is 0.327. The Labute approximate surface area is 169 Å². The number of nitrogens with one attached hydrogen (secondary N) is 1. The van der Waals surface area contributed by atoms with E-state index in [4.69, 9.17) is 0 Å². The van der Waals surface area contributed by atoms with Crippen LogP contribution in [0.25, 0.3) is 16.9 Å². The van der Waals surface area contributed by atoms with Gasteiger partial charge < -0.3 is 0 Å². The second kappa shape index (κ2) is 8.11. The smallest absolute Gasteiger partial charge is 0.266 e. The van der Waals surface area contributed by atoms with E-state index in [2.05, 4.69) is 25.2 Å². The predicted molar refractivity (Wildman–Crippen MR) is 109 cm³/mol. The van der Waals surface area contributed by atoms with Crippen molar-refractivity contribution in [2.45, 2.75) is 6.92 Å². The molecule has 0 unspecified atom stereocenters. The molecule has 4 aromatic rings. The summed E-state index contributed by atoms with van der Waals surface area (Å²) < 4.78 is 18.8. The molecule has 1 N–H and O–H groups in total. The molecule has 0 atom stereocenters. The zero-order valence-corrected chi connectivity index (χ0v) is 16.1. The number of carbonyl (C=O) groups excluding carboxylic acids is 1. The van der Waals surface area contributed by atoms with E-state index in [1.54, 1.807) is 29.9 Å². The molecule has 2 heterocycles. The summed E-state index contributed by atoms with van der Waals surface area (Å²) in [5, 5.41) is 12.5. The number of aromatic nitrogens is 4. The van der Waals surface area contributed by atoms with E-state index >= 15 is 0 Å². The number of nitrogens with zero attached hydrogens (tertiary/aromatic N) is 5. The highest BCUT2D eigenvalue weighted by Crippen LogP contribution is 2.23. The molecule has 4 rings (SSSR count).